The molecule has 0 aromatic rings. The topological polar surface area (TPSA) is 21.8 Å². The van der Waals surface area contributed by atoms with Gasteiger partial charge < -0.3 is 0 Å². The van der Waals surface area contributed by atoms with Crippen LogP contribution in [0.3, 0.4) is 0 Å². The van der Waals surface area contributed by atoms with Crippen molar-refractivity contribution in [2.75, 3.05) is 33.7 Å². The summed E-state index contributed by atoms with van der Waals surface area (Å²) in [5.41, 5.74) is 0.180. The summed E-state index contributed by atoms with van der Waals surface area (Å²) in [5.74, 6) is 0. The fourth-order valence-electron chi connectivity index (χ4n) is 2.51. The van der Waals surface area contributed by atoms with Crippen LogP contribution in [-0.2, 0) is 0 Å². The van der Waals surface area contributed by atoms with E-state index in [0.29, 0.717) is 6.17 Å². The van der Waals surface area contributed by atoms with E-state index in [0.717, 1.165) is 13.1 Å². The highest BCUT2D eigenvalue weighted by atomic mass is 31.2. The van der Waals surface area contributed by atoms with Gasteiger partial charge in [-0.1, -0.05) is 13.8 Å². The highest BCUT2D eigenvalue weighted by Gasteiger charge is 2.36. The summed E-state index contributed by atoms with van der Waals surface area (Å²) >= 11 is 0. The molecule has 1 N–H and O–H groups in total. The van der Waals surface area contributed by atoms with E-state index in [1.165, 1.54) is 13.0 Å². The van der Waals surface area contributed by atoms with Crippen LogP contribution in [0.4, 0.5) is 0 Å². The van der Waals surface area contributed by atoms with Crippen LogP contribution in [0.1, 0.15) is 41.0 Å². The third-order valence-corrected chi connectivity index (χ3v) is 6.07. The largest absolute Gasteiger partial charge is 0.297 e. The van der Waals surface area contributed by atoms with Crippen molar-refractivity contribution in [2.45, 2.75) is 52.7 Å². The molecule has 4 nitrogen and oxygen atoms in total. The molecule has 1 saturated heterocycles. The molecule has 0 saturated carbocycles. The normalized spacial score (nSPS) is 28.0. The standard InChI is InChI=1S/C13H31N4P/c1-8-17(9-2)18-15(6)11-10-12(16(18)7)14-13(3,4)5/h12,14H,8-11H2,1-7H3. The number of nitrogens with one attached hydrogen (secondary N) is 1. The van der Waals surface area contributed by atoms with Crippen molar-refractivity contribution in [3.05, 3.63) is 0 Å². The molecule has 0 aliphatic carbocycles. The third-order valence-electron chi connectivity index (χ3n) is 3.35. The van der Waals surface area contributed by atoms with Crippen LogP contribution in [0.25, 0.3) is 0 Å². The second-order valence-corrected chi connectivity index (χ2v) is 8.48. The molecular formula is C13H31N4P. The highest BCUT2D eigenvalue weighted by molar-refractivity contribution is 7.50. The van der Waals surface area contributed by atoms with Gasteiger partial charge in [0.2, 0.25) is 0 Å². The lowest BCUT2D eigenvalue weighted by molar-refractivity contribution is 0.189. The minimum Gasteiger partial charge on any atom is -0.297 e. The summed E-state index contributed by atoms with van der Waals surface area (Å²) in [5, 5.41) is 3.75. The fourth-order valence-corrected chi connectivity index (χ4v) is 5.04. The van der Waals surface area contributed by atoms with Gasteiger partial charge in [-0.05, 0) is 41.3 Å². The van der Waals surface area contributed by atoms with E-state index >= 15 is 0 Å². The lowest BCUT2D eigenvalue weighted by Crippen LogP contribution is -2.56. The van der Waals surface area contributed by atoms with E-state index in [1.807, 2.05) is 0 Å². The van der Waals surface area contributed by atoms with Crippen molar-refractivity contribution in [1.82, 2.24) is 19.3 Å². The average molecular weight is 274 g/mol. The van der Waals surface area contributed by atoms with Gasteiger partial charge in [0.05, 0.1) is 6.17 Å². The molecule has 1 aliphatic rings. The molecule has 1 fully saturated rings. The highest BCUT2D eigenvalue weighted by Crippen LogP contribution is 2.49. The number of rotatable bonds is 4. The van der Waals surface area contributed by atoms with Gasteiger partial charge in [-0.15, -0.1) is 0 Å². The molecule has 1 rings (SSSR count). The van der Waals surface area contributed by atoms with Gasteiger partial charge in [0, 0.05) is 25.2 Å². The molecule has 0 bridgehead atoms. The average Bonchev–Trinajstić information content (AvgIpc) is 2.27. The molecule has 0 amide bonds. The molecule has 0 radical (unpaired) electrons. The summed E-state index contributed by atoms with van der Waals surface area (Å²) in [6.45, 7) is 14.7. The van der Waals surface area contributed by atoms with E-state index in [-0.39, 0.29) is 13.9 Å². The van der Waals surface area contributed by atoms with Crippen molar-refractivity contribution in [3.8, 4) is 0 Å². The molecule has 0 aromatic heterocycles. The zero-order valence-electron chi connectivity index (χ0n) is 13.2. The van der Waals surface area contributed by atoms with Crippen LogP contribution in [0.5, 0.6) is 0 Å². The van der Waals surface area contributed by atoms with Crippen molar-refractivity contribution in [3.63, 3.8) is 0 Å². The lowest BCUT2D eigenvalue weighted by Gasteiger charge is -2.50. The van der Waals surface area contributed by atoms with E-state index < -0.39 is 0 Å². The van der Waals surface area contributed by atoms with Crippen LogP contribution in [-0.4, -0.2) is 59.4 Å². The van der Waals surface area contributed by atoms with E-state index in [1.54, 1.807) is 0 Å². The first kappa shape index (κ1) is 16.3. The van der Waals surface area contributed by atoms with Crippen LogP contribution in [0.15, 0.2) is 0 Å². The van der Waals surface area contributed by atoms with Crippen molar-refractivity contribution < 1.29 is 0 Å². The van der Waals surface area contributed by atoms with E-state index in [9.17, 15) is 0 Å². The predicted octanol–water partition coefficient (Wildman–Crippen LogP) is 2.54. The number of hydrogen-bond donors (Lipinski definition) is 1. The van der Waals surface area contributed by atoms with Gasteiger partial charge in [-0.25, -0.2) is 4.67 Å². The molecule has 2 unspecified atom stereocenters. The van der Waals surface area contributed by atoms with Crippen molar-refractivity contribution in [2.24, 2.45) is 0 Å². The Hall–Kier alpha value is 0.270. The maximum Gasteiger partial charge on any atom is 0.121 e. The first-order valence-electron chi connectivity index (χ1n) is 7.06. The summed E-state index contributed by atoms with van der Waals surface area (Å²) in [6.07, 6.45) is 1.69. The Morgan fingerprint density at radius 3 is 2.22 bits per heavy atom. The Morgan fingerprint density at radius 1 is 1.22 bits per heavy atom. The van der Waals surface area contributed by atoms with Crippen molar-refractivity contribution >= 4 is 8.37 Å². The van der Waals surface area contributed by atoms with E-state index in [4.69, 9.17) is 0 Å². The summed E-state index contributed by atoms with van der Waals surface area (Å²) in [7, 11) is 4.21. The van der Waals surface area contributed by atoms with Gasteiger partial charge in [0.15, 0.2) is 0 Å². The smallest absolute Gasteiger partial charge is 0.121 e. The molecule has 108 valence electrons. The van der Waals surface area contributed by atoms with Gasteiger partial charge in [0.25, 0.3) is 0 Å². The molecule has 5 heteroatoms. The van der Waals surface area contributed by atoms with Gasteiger partial charge in [-0.3, -0.25) is 14.7 Å². The molecule has 0 aromatic carbocycles. The third kappa shape index (κ3) is 4.14. The van der Waals surface area contributed by atoms with Gasteiger partial charge in [-0.2, -0.15) is 0 Å². The van der Waals surface area contributed by atoms with Gasteiger partial charge >= 0.3 is 0 Å². The van der Waals surface area contributed by atoms with Crippen LogP contribution < -0.4 is 5.32 Å². The minimum atomic E-state index is -0.313. The lowest BCUT2D eigenvalue weighted by atomic mass is 10.1. The van der Waals surface area contributed by atoms with E-state index in [2.05, 4.69) is 68.0 Å². The Kier molecular flexibility index (Phi) is 6.01. The number of nitrogens with zero attached hydrogens (tertiary/aromatic N) is 3. The van der Waals surface area contributed by atoms with Crippen LogP contribution in [0, 0.1) is 0 Å². The Balaban J connectivity index is 2.76. The Morgan fingerprint density at radius 2 is 1.78 bits per heavy atom. The molecule has 0 spiro atoms. The number of hydrogen-bond acceptors (Lipinski definition) is 4. The molecular weight excluding hydrogens is 243 g/mol. The summed E-state index contributed by atoms with van der Waals surface area (Å²) in [4.78, 5) is 0. The second-order valence-electron chi connectivity index (χ2n) is 6.06. The summed E-state index contributed by atoms with van der Waals surface area (Å²) in [6, 6.07) is 0. The SMILES string of the molecule is CCN(CC)P1N(C)CCC(NC(C)(C)C)N1C. The Labute approximate surface area is 115 Å². The zero-order chi connectivity index (χ0) is 13.9. The van der Waals surface area contributed by atoms with Gasteiger partial charge in [0.1, 0.15) is 8.37 Å². The maximum absolute atomic E-state index is 3.75. The Bertz CT molecular complexity index is 250. The quantitative estimate of drug-likeness (QED) is 0.795. The fraction of sp³-hybridized carbons (Fsp3) is 1.00. The van der Waals surface area contributed by atoms with Crippen LogP contribution in [0.2, 0.25) is 0 Å². The zero-order valence-corrected chi connectivity index (χ0v) is 14.1. The first-order chi connectivity index (χ1) is 8.30. The molecule has 1 aliphatic heterocycles. The molecule has 2 atom stereocenters. The molecule has 1 heterocycles. The monoisotopic (exact) mass is 274 g/mol. The maximum atomic E-state index is 3.75. The second kappa shape index (κ2) is 6.62. The molecule has 18 heavy (non-hydrogen) atoms. The predicted molar refractivity (Wildman–Crippen MR) is 81.5 cm³/mol. The first-order valence-corrected chi connectivity index (χ1v) is 8.26. The van der Waals surface area contributed by atoms with Crippen LogP contribution >= 0.6 is 8.37 Å². The van der Waals surface area contributed by atoms with Crippen molar-refractivity contribution in [1.29, 1.82) is 0 Å². The minimum absolute atomic E-state index is 0.180. The summed E-state index contributed by atoms with van der Waals surface area (Å²) < 4.78 is 7.63.